The minimum Gasteiger partial charge on any atom is -0.477 e. The van der Waals surface area contributed by atoms with Crippen LogP contribution in [-0.4, -0.2) is 57.4 Å². The van der Waals surface area contributed by atoms with Gasteiger partial charge in [-0.05, 0) is 66.3 Å². The Hall–Kier alpha value is -3.72. The lowest BCUT2D eigenvalue weighted by Crippen LogP contribution is -2.65. The van der Waals surface area contributed by atoms with Gasteiger partial charge in [0.2, 0.25) is 0 Å². The van der Waals surface area contributed by atoms with Crippen LogP contribution in [0.25, 0.3) is 11.8 Å². The van der Waals surface area contributed by atoms with Gasteiger partial charge in [-0.15, -0.1) is 0 Å². The first-order valence-corrected chi connectivity index (χ1v) is 11.9. The van der Waals surface area contributed by atoms with Crippen LogP contribution >= 0.6 is 0 Å². The van der Waals surface area contributed by atoms with Crippen LogP contribution in [0.2, 0.25) is 0 Å². The van der Waals surface area contributed by atoms with Crippen molar-refractivity contribution in [3.63, 3.8) is 0 Å². The minimum absolute atomic E-state index is 0.0220. The van der Waals surface area contributed by atoms with E-state index in [1.807, 2.05) is 23.7 Å². The number of ether oxygens (including phenoxy) is 2. The van der Waals surface area contributed by atoms with Crippen molar-refractivity contribution >= 4 is 11.9 Å². The molecule has 1 aromatic heterocycles. The van der Waals surface area contributed by atoms with Gasteiger partial charge in [-0.25, -0.2) is 14.1 Å². The Morgan fingerprint density at radius 3 is 2.63 bits per heavy atom. The van der Waals surface area contributed by atoms with Gasteiger partial charge in [0.15, 0.2) is 17.2 Å². The summed E-state index contributed by atoms with van der Waals surface area (Å²) in [5, 5.41) is 9.14. The molecule has 1 N–H and O–H groups in total. The van der Waals surface area contributed by atoms with Gasteiger partial charge in [0.05, 0.1) is 38.0 Å². The first-order chi connectivity index (χ1) is 17.1. The zero-order valence-electron chi connectivity index (χ0n) is 19.4. The Kier molecular flexibility index (Phi) is 4.51. The number of fused-ring (bicyclic) bond motifs is 2. The molecule has 35 heavy (non-hydrogen) atoms. The molecular weight excluding hydrogens is 447 g/mol. The fraction of sp³-hybridized carbons (Fsp3) is 0.346. The highest BCUT2D eigenvalue weighted by Crippen LogP contribution is 2.39. The molecule has 0 radical (unpaired) electrons. The molecule has 0 saturated carbocycles. The molecule has 4 aliphatic rings. The first-order valence-electron chi connectivity index (χ1n) is 11.9. The van der Waals surface area contributed by atoms with E-state index >= 15 is 0 Å². The number of aryl methyl sites for hydroxylation is 1. The number of hydrogen-bond donors (Lipinski definition) is 1. The standard InChI is InChI=1S/C26H25FN6O2/c1-16-28-15-33(31-16)22-9-4-18(20-7-8-21(20)22)10-24-25-30-29-11-23(17-2-5-19(27)6-3-17)32(25)12-26(35-24)13-34-14-26/h2-6,9-10,15,23,29H,7-8,11-14H2,1H3/b24-10-. The molecule has 178 valence electrons. The summed E-state index contributed by atoms with van der Waals surface area (Å²) in [6, 6.07) is 11.0. The smallest absolute Gasteiger partial charge is 0.191 e. The van der Waals surface area contributed by atoms with Crippen LogP contribution in [0.3, 0.4) is 0 Å². The molecule has 8 nitrogen and oxygen atoms in total. The summed E-state index contributed by atoms with van der Waals surface area (Å²) in [7, 11) is 0. The number of benzene rings is 2. The summed E-state index contributed by atoms with van der Waals surface area (Å²) in [6.45, 7) is 4.29. The Balaban J connectivity index is 1.27. The predicted molar refractivity (Wildman–Crippen MR) is 127 cm³/mol. The van der Waals surface area contributed by atoms with Crippen molar-refractivity contribution in [3.8, 4) is 5.69 Å². The molecule has 0 amide bonds. The Morgan fingerprint density at radius 1 is 1.11 bits per heavy atom. The van der Waals surface area contributed by atoms with Gasteiger partial charge in [0, 0.05) is 0 Å². The van der Waals surface area contributed by atoms with Crippen molar-refractivity contribution in [2.24, 2.45) is 5.10 Å². The van der Waals surface area contributed by atoms with Crippen LogP contribution in [0.5, 0.6) is 0 Å². The van der Waals surface area contributed by atoms with Crippen LogP contribution in [0.1, 0.15) is 34.1 Å². The van der Waals surface area contributed by atoms with Crippen LogP contribution in [0.4, 0.5) is 4.39 Å². The molecule has 2 saturated heterocycles. The van der Waals surface area contributed by atoms with Gasteiger partial charge in [-0.3, -0.25) is 0 Å². The number of morpholine rings is 1. The molecule has 7 rings (SSSR count). The second-order valence-corrected chi connectivity index (χ2v) is 9.65. The number of rotatable bonds is 3. The van der Waals surface area contributed by atoms with Gasteiger partial charge in [0.25, 0.3) is 0 Å². The average Bonchev–Trinajstić information content (AvgIpc) is 3.25. The maximum atomic E-state index is 13.6. The highest BCUT2D eigenvalue weighted by Gasteiger charge is 2.50. The minimum atomic E-state index is -0.397. The SMILES string of the molecule is Cc1ncn(-c2ccc(/C=C3\OC4(COC4)CN4C3=NNCC4c3ccc(F)cc3)c3c2CC3)n1. The number of hydrazone groups is 1. The van der Waals surface area contributed by atoms with E-state index < -0.39 is 5.60 Å². The lowest BCUT2D eigenvalue weighted by atomic mass is 9.83. The molecule has 4 heterocycles. The number of hydrogen-bond acceptors (Lipinski definition) is 7. The molecule has 1 aliphatic carbocycles. The highest BCUT2D eigenvalue weighted by molar-refractivity contribution is 6.01. The predicted octanol–water partition coefficient (Wildman–Crippen LogP) is 2.91. The average molecular weight is 473 g/mol. The largest absolute Gasteiger partial charge is 0.477 e. The van der Waals surface area contributed by atoms with E-state index in [1.54, 1.807) is 6.33 Å². The van der Waals surface area contributed by atoms with E-state index in [0.717, 1.165) is 47.1 Å². The lowest BCUT2D eigenvalue weighted by Gasteiger charge is -2.52. The molecule has 2 aromatic carbocycles. The third-order valence-corrected chi connectivity index (χ3v) is 7.32. The Labute approximate surface area is 202 Å². The zero-order valence-corrected chi connectivity index (χ0v) is 19.4. The van der Waals surface area contributed by atoms with Gasteiger partial charge in [-0.2, -0.15) is 10.2 Å². The van der Waals surface area contributed by atoms with Crippen LogP contribution in [0.15, 0.2) is 53.6 Å². The maximum Gasteiger partial charge on any atom is 0.191 e. The van der Waals surface area contributed by atoms with Crippen molar-refractivity contribution in [2.75, 3.05) is 26.3 Å². The number of amidine groups is 1. The zero-order chi connectivity index (χ0) is 23.6. The number of nitrogens with zero attached hydrogens (tertiary/aromatic N) is 5. The van der Waals surface area contributed by atoms with Crippen molar-refractivity contribution < 1.29 is 13.9 Å². The summed E-state index contributed by atoms with van der Waals surface area (Å²) in [5.41, 5.74) is 8.64. The third-order valence-electron chi connectivity index (χ3n) is 7.32. The molecule has 9 heteroatoms. The topological polar surface area (TPSA) is 76.8 Å². The summed E-state index contributed by atoms with van der Waals surface area (Å²) < 4.78 is 27.6. The van der Waals surface area contributed by atoms with E-state index in [0.29, 0.717) is 26.3 Å². The quantitative estimate of drug-likeness (QED) is 0.632. The second kappa shape index (κ2) is 7.64. The normalized spacial score (nSPS) is 22.9. The number of nitrogens with one attached hydrogen (secondary N) is 1. The van der Waals surface area contributed by atoms with E-state index in [1.165, 1.54) is 23.3 Å². The molecule has 1 atom stereocenters. The lowest BCUT2D eigenvalue weighted by molar-refractivity contribution is -0.201. The fourth-order valence-corrected chi connectivity index (χ4v) is 5.39. The van der Waals surface area contributed by atoms with Crippen molar-refractivity contribution in [1.82, 2.24) is 25.1 Å². The molecule has 3 aliphatic heterocycles. The van der Waals surface area contributed by atoms with E-state index in [-0.39, 0.29) is 11.9 Å². The fourth-order valence-electron chi connectivity index (χ4n) is 5.39. The summed E-state index contributed by atoms with van der Waals surface area (Å²) in [4.78, 5) is 6.56. The highest BCUT2D eigenvalue weighted by atomic mass is 19.1. The monoisotopic (exact) mass is 472 g/mol. The van der Waals surface area contributed by atoms with Crippen molar-refractivity contribution in [3.05, 3.63) is 82.4 Å². The van der Waals surface area contributed by atoms with Gasteiger partial charge in [0.1, 0.15) is 18.0 Å². The maximum absolute atomic E-state index is 13.6. The molecule has 3 aromatic rings. The van der Waals surface area contributed by atoms with Crippen LogP contribution < -0.4 is 5.43 Å². The van der Waals surface area contributed by atoms with E-state index in [9.17, 15) is 4.39 Å². The summed E-state index contributed by atoms with van der Waals surface area (Å²) in [5.74, 6) is 2.02. The van der Waals surface area contributed by atoms with E-state index in [4.69, 9.17) is 9.47 Å². The van der Waals surface area contributed by atoms with Gasteiger partial charge in [-0.1, -0.05) is 18.2 Å². The van der Waals surface area contributed by atoms with Crippen LogP contribution in [-0.2, 0) is 22.3 Å². The van der Waals surface area contributed by atoms with Crippen molar-refractivity contribution in [1.29, 1.82) is 0 Å². The van der Waals surface area contributed by atoms with Gasteiger partial charge < -0.3 is 19.8 Å². The second-order valence-electron chi connectivity index (χ2n) is 9.65. The Bertz CT molecular complexity index is 1370. The molecule has 1 spiro atoms. The van der Waals surface area contributed by atoms with Gasteiger partial charge >= 0.3 is 0 Å². The Morgan fingerprint density at radius 2 is 1.94 bits per heavy atom. The first kappa shape index (κ1) is 20.6. The summed E-state index contributed by atoms with van der Waals surface area (Å²) >= 11 is 0. The van der Waals surface area contributed by atoms with E-state index in [2.05, 4.69) is 43.7 Å². The van der Waals surface area contributed by atoms with Crippen LogP contribution in [0, 0.1) is 12.7 Å². The molecule has 0 bridgehead atoms. The summed E-state index contributed by atoms with van der Waals surface area (Å²) in [6.07, 6.45) is 5.90. The molecular formula is C26H25FN6O2. The number of halogens is 1. The third kappa shape index (κ3) is 3.33. The molecule has 1 unspecified atom stereocenters. The number of aromatic nitrogens is 3. The molecule has 2 fully saturated rings. The van der Waals surface area contributed by atoms with Crippen molar-refractivity contribution in [2.45, 2.75) is 31.4 Å².